The molecule has 0 fully saturated rings. The van der Waals surface area contributed by atoms with E-state index in [1.54, 1.807) is 43.5 Å². The molecule has 228 valence electrons. The summed E-state index contributed by atoms with van der Waals surface area (Å²) in [6, 6.07) is 36.9. The van der Waals surface area contributed by atoms with Crippen LogP contribution in [-0.4, -0.2) is 47.2 Å². The number of hydrogen-bond donors (Lipinski definition) is 2. The monoisotopic (exact) mass is 616 g/mol. The maximum Gasteiger partial charge on any atom is 0.167 e. The number of methoxy groups -OCH3 is 1. The van der Waals surface area contributed by atoms with Gasteiger partial charge in [-0.2, -0.15) is 0 Å². The van der Waals surface area contributed by atoms with Crippen LogP contribution in [0.2, 0.25) is 0 Å². The first-order valence-corrected chi connectivity index (χ1v) is 14.9. The Hall–Kier alpha value is -6.48. The van der Waals surface area contributed by atoms with Gasteiger partial charge >= 0.3 is 0 Å². The summed E-state index contributed by atoms with van der Waals surface area (Å²) in [6.07, 6.45) is 0. The van der Waals surface area contributed by atoms with Gasteiger partial charge < -0.3 is 14.9 Å². The summed E-state index contributed by atoms with van der Waals surface area (Å²) in [5.41, 5.74) is 5.21. The Morgan fingerprint density at radius 1 is 0.404 bits per heavy atom. The smallest absolute Gasteiger partial charge is 0.167 e. The van der Waals surface area contributed by atoms with Crippen molar-refractivity contribution in [1.82, 2.24) is 29.9 Å². The van der Waals surface area contributed by atoms with Crippen molar-refractivity contribution in [3.05, 3.63) is 127 Å². The number of nitrogens with zero attached hydrogens (tertiary/aromatic N) is 6. The summed E-state index contributed by atoms with van der Waals surface area (Å²) in [4.78, 5) is 28.5. The Kier molecular flexibility index (Phi) is 7.77. The van der Waals surface area contributed by atoms with E-state index in [1.165, 1.54) is 0 Å². The van der Waals surface area contributed by atoms with Crippen LogP contribution in [-0.2, 0) is 0 Å². The number of phenolic OH excluding ortho intramolecular Hbond substituents is 2. The number of ether oxygens (including phenoxy) is 1. The number of rotatable bonds is 7. The molecule has 7 aromatic rings. The van der Waals surface area contributed by atoms with E-state index in [9.17, 15) is 10.2 Å². The van der Waals surface area contributed by atoms with Crippen LogP contribution >= 0.6 is 0 Å². The summed E-state index contributed by atoms with van der Waals surface area (Å²) in [5.74, 6) is 3.40. The quantitative estimate of drug-likeness (QED) is 0.184. The Morgan fingerprint density at radius 2 is 0.723 bits per heavy atom. The Bertz CT molecular complexity index is 2200. The van der Waals surface area contributed by atoms with Crippen LogP contribution in [0, 0.1) is 6.92 Å². The molecule has 2 N–H and O–H groups in total. The molecule has 2 aromatic heterocycles. The van der Waals surface area contributed by atoms with E-state index in [0.29, 0.717) is 51.8 Å². The largest absolute Gasteiger partial charge is 0.507 e. The van der Waals surface area contributed by atoms with Crippen molar-refractivity contribution < 1.29 is 14.9 Å². The van der Waals surface area contributed by atoms with Crippen LogP contribution in [0.25, 0.3) is 68.3 Å². The fourth-order valence-electron chi connectivity index (χ4n) is 5.05. The minimum atomic E-state index is 0.0696. The van der Waals surface area contributed by atoms with Crippen molar-refractivity contribution in [3.63, 3.8) is 0 Å². The van der Waals surface area contributed by atoms with Gasteiger partial charge in [-0.1, -0.05) is 78.4 Å². The second-order valence-electron chi connectivity index (χ2n) is 10.8. The molecule has 9 heteroatoms. The van der Waals surface area contributed by atoms with Crippen LogP contribution in [0.15, 0.2) is 121 Å². The topological polar surface area (TPSA) is 127 Å². The normalized spacial score (nSPS) is 10.9. The Labute approximate surface area is 271 Å². The number of para-hydroxylation sites is 2. The van der Waals surface area contributed by atoms with E-state index in [2.05, 4.69) is 0 Å². The van der Waals surface area contributed by atoms with Gasteiger partial charge in [-0.05, 0) is 55.5 Å². The Morgan fingerprint density at radius 3 is 1.09 bits per heavy atom. The molecule has 47 heavy (non-hydrogen) atoms. The molecule has 0 unspecified atom stereocenters. The van der Waals surface area contributed by atoms with Crippen molar-refractivity contribution in [2.24, 2.45) is 0 Å². The van der Waals surface area contributed by atoms with Gasteiger partial charge in [0, 0.05) is 22.3 Å². The molecule has 0 bridgehead atoms. The predicted molar refractivity (Wildman–Crippen MR) is 180 cm³/mol. The summed E-state index contributed by atoms with van der Waals surface area (Å²) in [5, 5.41) is 21.2. The third kappa shape index (κ3) is 6.10. The van der Waals surface area contributed by atoms with Crippen molar-refractivity contribution in [3.8, 4) is 85.6 Å². The molecule has 0 saturated heterocycles. The lowest BCUT2D eigenvalue weighted by atomic mass is 10.1. The first kappa shape index (κ1) is 29.2. The van der Waals surface area contributed by atoms with E-state index in [1.807, 2.05) is 91.9 Å². The van der Waals surface area contributed by atoms with Gasteiger partial charge in [0.1, 0.15) is 17.2 Å². The summed E-state index contributed by atoms with van der Waals surface area (Å²) in [6.45, 7) is 2.02. The van der Waals surface area contributed by atoms with E-state index in [4.69, 9.17) is 34.6 Å². The van der Waals surface area contributed by atoms with Crippen LogP contribution in [0.1, 0.15) is 5.56 Å². The molecule has 0 aliphatic carbocycles. The molecule has 9 nitrogen and oxygen atoms in total. The molecule has 5 aromatic carbocycles. The summed E-state index contributed by atoms with van der Waals surface area (Å²) < 4.78 is 5.32. The van der Waals surface area contributed by atoms with E-state index in [-0.39, 0.29) is 11.5 Å². The fourth-order valence-corrected chi connectivity index (χ4v) is 5.05. The van der Waals surface area contributed by atoms with Gasteiger partial charge in [0.05, 0.1) is 18.2 Å². The van der Waals surface area contributed by atoms with Crippen molar-refractivity contribution >= 4 is 0 Å². The highest BCUT2D eigenvalue weighted by atomic mass is 16.5. The summed E-state index contributed by atoms with van der Waals surface area (Å²) in [7, 11) is 1.61. The van der Waals surface area contributed by atoms with Crippen LogP contribution in [0.3, 0.4) is 0 Å². The fraction of sp³-hybridized carbons (Fsp3) is 0.0526. The summed E-state index contributed by atoms with van der Waals surface area (Å²) >= 11 is 0. The number of aryl methyl sites for hydroxylation is 1. The molecule has 0 amide bonds. The molecule has 0 atom stereocenters. The average molecular weight is 617 g/mol. The number of aromatic hydroxyl groups is 2. The third-order valence-corrected chi connectivity index (χ3v) is 7.62. The minimum Gasteiger partial charge on any atom is -0.507 e. The average Bonchev–Trinajstić information content (AvgIpc) is 3.12. The number of phenols is 2. The molecule has 0 radical (unpaired) electrons. The lowest BCUT2D eigenvalue weighted by Crippen LogP contribution is -2.01. The molecule has 2 heterocycles. The highest BCUT2D eigenvalue weighted by molar-refractivity contribution is 5.73. The van der Waals surface area contributed by atoms with Gasteiger partial charge in [0.15, 0.2) is 34.9 Å². The molecule has 0 spiro atoms. The molecular formula is C38H28N6O3. The number of aromatic nitrogens is 6. The van der Waals surface area contributed by atoms with E-state index >= 15 is 0 Å². The number of benzene rings is 5. The molecule has 0 aliphatic heterocycles. The van der Waals surface area contributed by atoms with E-state index < -0.39 is 0 Å². The second-order valence-corrected chi connectivity index (χ2v) is 10.8. The maximum atomic E-state index is 10.6. The SMILES string of the molecule is COc1ccc(-c2nc(-c3ccc(-c4nc(-c5ccc(C)cc5)nc(-c5ccccc5O)n4)cc3)nc(-c3ccccc3O)n2)cc1. The first-order valence-electron chi connectivity index (χ1n) is 14.9. The van der Waals surface area contributed by atoms with Crippen molar-refractivity contribution in [2.45, 2.75) is 6.92 Å². The zero-order valence-electron chi connectivity index (χ0n) is 25.5. The first-order chi connectivity index (χ1) is 22.9. The van der Waals surface area contributed by atoms with Gasteiger partial charge in [-0.25, -0.2) is 29.9 Å². The van der Waals surface area contributed by atoms with Crippen LogP contribution < -0.4 is 4.74 Å². The van der Waals surface area contributed by atoms with Crippen molar-refractivity contribution in [1.29, 1.82) is 0 Å². The van der Waals surface area contributed by atoms with E-state index in [0.717, 1.165) is 27.8 Å². The predicted octanol–water partition coefficient (Wildman–Crippen LogP) is 7.79. The lowest BCUT2D eigenvalue weighted by Gasteiger charge is -2.11. The highest BCUT2D eigenvalue weighted by Crippen LogP contribution is 2.32. The Balaban J connectivity index is 1.32. The zero-order valence-corrected chi connectivity index (χ0v) is 25.5. The van der Waals surface area contributed by atoms with Crippen LogP contribution in [0.4, 0.5) is 0 Å². The second kappa shape index (κ2) is 12.5. The van der Waals surface area contributed by atoms with Gasteiger partial charge in [0.25, 0.3) is 0 Å². The maximum absolute atomic E-state index is 10.6. The van der Waals surface area contributed by atoms with Crippen LogP contribution in [0.5, 0.6) is 17.2 Å². The highest BCUT2D eigenvalue weighted by Gasteiger charge is 2.17. The molecule has 0 saturated carbocycles. The number of hydrogen-bond acceptors (Lipinski definition) is 9. The minimum absolute atomic E-state index is 0.0696. The standard InChI is InChI=1S/C38H28N6O3/c1-23-11-13-24(14-12-23)33-39-34(42-37(41-33)29-7-3-5-9-31(29)45)25-15-17-26(18-16-25)35-40-36(27-19-21-28(47-2)22-20-27)44-38(43-35)30-8-4-6-10-32(30)46/h3-22,45-46H,1-2H3. The van der Waals surface area contributed by atoms with Gasteiger partial charge in [0.2, 0.25) is 0 Å². The third-order valence-electron chi connectivity index (χ3n) is 7.62. The lowest BCUT2D eigenvalue weighted by molar-refractivity contribution is 0.415. The van der Waals surface area contributed by atoms with Gasteiger partial charge in [-0.15, -0.1) is 0 Å². The van der Waals surface area contributed by atoms with Crippen molar-refractivity contribution in [2.75, 3.05) is 7.11 Å². The van der Waals surface area contributed by atoms with Gasteiger partial charge in [-0.3, -0.25) is 0 Å². The molecular weight excluding hydrogens is 588 g/mol. The molecule has 0 aliphatic rings. The zero-order chi connectivity index (χ0) is 32.3. The molecule has 7 rings (SSSR count).